The second-order valence-electron chi connectivity index (χ2n) is 8.65. The van der Waals surface area contributed by atoms with Crippen molar-refractivity contribution in [3.05, 3.63) is 47.5 Å². The Morgan fingerprint density at radius 3 is 1.73 bits per heavy atom. The van der Waals surface area contributed by atoms with Gasteiger partial charge < -0.3 is 19.6 Å². The number of carbonyl (C=O) groups excluding carboxylic acids is 3. The van der Waals surface area contributed by atoms with E-state index in [0.29, 0.717) is 37.3 Å². The summed E-state index contributed by atoms with van der Waals surface area (Å²) in [6.45, 7) is 5.93. The highest BCUT2D eigenvalue weighted by Crippen LogP contribution is 2.23. The maximum Gasteiger partial charge on any atom is 0.262 e. The Kier molecular flexibility index (Phi) is 5.67. The van der Waals surface area contributed by atoms with Gasteiger partial charge in [0.2, 0.25) is 5.91 Å². The molecule has 4 heterocycles. The number of rotatable bonds is 4. The molecule has 10 heteroatoms. The van der Waals surface area contributed by atoms with Gasteiger partial charge in [-0.25, -0.2) is 0 Å². The SMILES string of the molecule is CN1CCN(c2ccc(N3CCN(C(=O)CN4C(=O)c5ccccc5C4=O)CC3)nn2)CC1. The number of hydrogen-bond donors (Lipinski definition) is 0. The zero-order chi connectivity index (χ0) is 22.9. The van der Waals surface area contributed by atoms with Gasteiger partial charge >= 0.3 is 0 Å². The lowest BCUT2D eigenvalue weighted by Gasteiger charge is -2.36. The minimum Gasteiger partial charge on any atom is -0.353 e. The zero-order valence-corrected chi connectivity index (χ0v) is 18.7. The molecule has 0 atom stereocenters. The molecule has 0 radical (unpaired) electrons. The van der Waals surface area contributed by atoms with Gasteiger partial charge in [-0.3, -0.25) is 19.3 Å². The van der Waals surface area contributed by atoms with E-state index in [-0.39, 0.29) is 12.5 Å². The lowest BCUT2D eigenvalue weighted by atomic mass is 10.1. The molecule has 0 saturated carbocycles. The third kappa shape index (κ3) is 4.13. The maximum absolute atomic E-state index is 12.8. The van der Waals surface area contributed by atoms with Crippen LogP contribution >= 0.6 is 0 Å². The minimum absolute atomic E-state index is 0.222. The van der Waals surface area contributed by atoms with Crippen LogP contribution in [0, 0.1) is 0 Å². The number of anilines is 2. The Labute approximate surface area is 192 Å². The van der Waals surface area contributed by atoms with E-state index in [2.05, 4.69) is 31.9 Å². The summed E-state index contributed by atoms with van der Waals surface area (Å²) in [6.07, 6.45) is 0. The average molecular weight is 450 g/mol. The van der Waals surface area contributed by atoms with Crippen LogP contribution in [0.3, 0.4) is 0 Å². The zero-order valence-electron chi connectivity index (χ0n) is 18.7. The molecule has 0 unspecified atom stereocenters. The maximum atomic E-state index is 12.8. The lowest BCUT2D eigenvalue weighted by molar-refractivity contribution is -0.131. The number of fused-ring (bicyclic) bond motifs is 1. The van der Waals surface area contributed by atoms with Crippen LogP contribution in [0.15, 0.2) is 36.4 Å². The molecule has 2 saturated heterocycles. The third-order valence-electron chi connectivity index (χ3n) is 6.59. The molecule has 172 valence electrons. The van der Waals surface area contributed by atoms with Crippen molar-refractivity contribution in [2.75, 3.05) is 75.8 Å². The van der Waals surface area contributed by atoms with Gasteiger partial charge in [0, 0.05) is 52.4 Å². The fourth-order valence-corrected chi connectivity index (χ4v) is 4.49. The lowest BCUT2D eigenvalue weighted by Crippen LogP contribution is -2.52. The molecule has 2 fully saturated rings. The second kappa shape index (κ2) is 8.78. The predicted octanol–water partition coefficient (Wildman–Crippen LogP) is 0.173. The second-order valence-corrected chi connectivity index (χ2v) is 8.65. The van der Waals surface area contributed by atoms with Gasteiger partial charge in [0.25, 0.3) is 11.8 Å². The fraction of sp³-hybridized carbons (Fsp3) is 0.435. The molecular weight excluding hydrogens is 422 g/mol. The molecule has 0 N–H and O–H groups in total. The summed E-state index contributed by atoms with van der Waals surface area (Å²) in [4.78, 5) is 47.2. The van der Waals surface area contributed by atoms with Crippen LogP contribution in [-0.4, -0.2) is 109 Å². The van der Waals surface area contributed by atoms with E-state index in [1.807, 2.05) is 12.1 Å². The molecule has 2 aromatic rings. The number of carbonyl (C=O) groups is 3. The van der Waals surface area contributed by atoms with Crippen molar-refractivity contribution in [3.63, 3.8) is 0 Å². The molecule has 0 spiro atoms. The van der Waals surface area contributed by atoms with Crippen LogP contribution in [0.1, 0.15) is 20.7 Å². The van der Waals surface area contributed by atoms with Gasteiger partial charge in [0.15, 0.2) is 11.6 Å². The summed E-state index contributed by atoms with van der Waals surface area (Å²) < 4.78 is 0. The number of likely N-dealkylation sites (N-methyl/N-ethyl adjacent to an activating group) is 1. The van der Waals surface area contributed by atoms with Gasteiger partial charge in [-0.1, -0.05) is 12.1 Å². The minimum atomic E-state index is -0.404. The standard InChI is InChI=1S/C23H27N7O3/c1-26-8-10-27(11-9-26)19-6-7-20(25-24-19)28-12-14-29(15-13-28)21(31)16-30-22(32)17-4-2-3-5-18(17)23(30)33/h2-7H,8-16H2,1H3. The van der Waals surface area contributed by atoms with Crippen LogP contribution in [-0.2, 0) is 4.79 Å². The number of benzene rings is 1. The topological polar surface area (TPSA) is 93.2 Å². The quantitative estimate of drug-likeness (QED) is 0.610. The highest BCUT2D eigenvalue weighted by molar-refractivity contribution is 6.22. The molecule has 3 aliphatic heterocycles. The van der Waals surface area contributed by atoms with Crippen molar-refractivity contribution < 1.29 is 14.4 Å². The summed E-state index contributed by atoms with van der Waals surface area (Å²) in [5, 5.41) is 8.83. The first-order valence-corrected chi connectivity index (χ1v) is 11.3. The normalized spacial score (nSPS) is 19.3. The Balaban J connectivity index is 1.15. The number of piperazine rings is 2. The third-order valence-corrected chi connectivity index (χ3v) is 6.59. The molecule has 0 aliphatic carbocycles. The number of amides is 3. The predicted molar refractivity (Wildman–Crippen MR) is 122 cm³/mol. The highest BCUT2D eigenvalue weighted by atomic mass is 16.2. The van der Waals surface area contributed by atoms with Crippen LogP contribution in [0.5, 0.6) is 0 Å². The van der Waals surface area contributed by atoms with Crippen LogP contribution < -0.4 is 9.80 Å². The van der Waals surface area contributed by atoms with E-state index in [1.165, 1.54) is 0 Å². The van der Waals surface area contributed by atoms with Crippen LogP contribution in [0.2, 0.25) is 0 Å². The van der Waals surface area contributed by atoms with E-state index >= 15 is 0 Å². The van der Waals surface area contributed by atoms with Crippen molar-refractivity contribution in [1.29, 1.82) is 0 Å². The number of aromatic nitrogens is 2. The summed E-state index contributed by atoms with van der Waals surface area (Å²) in [6, 6.07) is 10.7. The van der Waals surface area contributed by atoms with Crippen molar-refractivity contribution in [2.24, 2.45) is 0 Å². The van der Waals surface area contributed by atoms with E-state index in [1.54, 1.807) is 29.2 Å². The number of hydrogen-bond acceptors (Lipinski definition) is 8. The molecule has 33 heavy (non-hydrogen) atoms. The Morgan fingerprint density at radius 1 is 0.758 bits per heavy atom. The van der Waals surface area contributed by atoms with Crippen molar-refractivity contribution in [2.45, 2.75) is 0 Å². The summed E-state index contributed by atoms with van der Waals surface area (Å²) in [5.74, 6) is 0.652. The average Bonchev–Trinajstić information content (AvgIpc) is 3.10. The first-order chi connectivity index (χ1) is 16.0. The van der Waals surface area contributed by atoms with E-state index < -0.39 is 11.8 Å². The molecule has 3 aliphatic rings. The van der Waals surface area contributed by atoms with Gasteiger partial charge in [0.1, 0.15) is 6.54 Å². The van der Waals surface area contributed by atoms with E-state index in [0.717, 1.165) is 42.7 Å². The van der Waals surface area contributed by atoms with Crippen molar-refractivity contribution in [1.82, 2.24) is 24.9 Å². The summed E-state index contributed by atoms with van der Waals surface area (Å²) in [5.41, 5.74) is 0.720. The fourth-order valence-electron chi connectivity index (χ4n) is 4.49. The van der Waals surface area contributed by atoms with Gasteiger partial charge in [0.05, 0.1) is 11.1 Å². The van der Waals surface area contributed by atoms with Crippen molar-refractivity contribution >= 4 is 29.4 Å². The van der Waals surface area contributed by atoms with Gasteiger partial charge in [-0.15, -0.1) is 10.2 Å². The molecule has 1 aromatic carbocycles. The molecule has 10 nitrogen and oxygen atoms in total. The summed E-state index contributed by atoms with van der Waals surface area (Å²) >= 11 is 0. The Morgan fingerprint density at radius 2 is 1.24 bits per heavy atom. The van der Waals surface area contributed by atoms with Crippen molar-refractivity contribution in [3.8, 4) is 0 Å². The molecule has 1 aromatic heterocycles. The smallest absolute Gasteiger partial charge is 0.262 e. The molecular formula is C23H27N7O3. The number of nitrogens with zero attached hydrogens (tertiary/aromatic N) is 7. The highest BCUT2D eigenvalue weighted by Gasteiger charge is 2.37. The summed E-state index contributed by atoms with van der Waals surface area (Å²) in [7, 11) is 2.12. The molecule has 5 rings (SSSR count). The number of imide groups is 1. The first kappa shape index (κ1) is 21.3. The molecule has 3 amide bonds. The first-order valence-electron chi connectivity index (χ1n) is 11.3. The largest absolute Gasteiger partial charge is 0.353 e. The van der Waals surface area contributed by atoms with Crippen LogP contribution in [0.25, 0.3) is 0 Å². The van der Waals surface area contributed by atoms with Gasteiger partial charge in [-0.05, 0) is 31.3 Å². The molecule has 0 bridgehead atoms. The van der Waals surface area contributed by atoms with E-state index in [4.69, 9.17) is 0 Å². The monoisotopic (exact) mass is 449 g/mol. The Hall–Kier alpha value is -3.53. The van der Waals surface area contributed by atoms with Gasteiger partial charge in [-0.2, -0.15) is 0 Å². The van der Waals surface area contributed by atoms with E-state index in [9.17, 15) is 14.4 Å². The Bertz CT molecular complexity index is 1020. The van der Waals surface area contributed by atoms with Crippen LogP contribution in [0.4, 0.5) is 11.6 Å².